The quantitative estimate of drug-likeness (QED) is 0.886. The van der Waals surface area contributed by atoms with Gasteiger partial charge in [-0.3, -0.25) is 0 Å². The van der Waals surface area contributed by atoms with Crippen LogP contribution < -0.4 is 10.1 Å². The van der Waals surface area contributed by atoms with Crippen molar-refractivity contribution in [3.05, 3.63) is 53.6 Å². The molecule has 2 aromatic rings. The average Bonchev–Trinajstić information content (AvgIpc) is 3.29. The maximum atomic E-state index is 5.53. The minimum absolute atomic E-state index is 0.725. The summed E-state index contributed by atoms with van der Waals surface area (Å²) in [4.78, 5) is 0. The van der Waals surface area contributed by atoms with Crippen molar-refractivity contribution in [2.45, 2.75) is 32.4 Å². The lowest BCUT2D eigenvalue weighted by molar-refractivity contribution is 0.416. The van der Waals surface area contributed by atoms with Gasteiger partial charge in [0.1, 0.15) is 5.75 Å². The van der Waals surface area contributed by atoms with E-state index in [0.717, 1.165) is 18.3 Å². The van der Waals surface area contributed by atoms with Gasteiger partial charge in [-0.2, -0.15) is 0 Å². The summed E-state index contributed by atoms with van der Waals surface area (Å²) in [6.07, 6.45) is 2.63. The molecule has 0 aliphatic heterocycles. The van der Waals surface area contributed by atoms with E-state index in [0.29, 0.717) is 0 Å². The van der Waals surface area contributed by atoms with E-state index in [2.05, 4.69) is 54.7 Å². The second-order valence-electron chi connectivity index (χ2n) is 5.52. The number of nitrogens with one attached hydrogen (secondary N) is 1. The summed E-state index contributed by atoms with van der Waals surface area (Å²) in [6.45, 7) is 3.05. The monoisotopic (exact) mass is 267 g/mol. The highest BCUT2D eigenvalue weighted by Crippen LogP contribution is 2.33. The first-order valence-corrected chi connectivity index (χ1v) is 7.24. The van der Waals surface area contributed by atoms with Crippen molar-refractivity contribution < 1.29 is 4.74 Å². The fourth-order valence-corrected chi connectivity index (χ4v) is 2.51. The SMILES string of the molecule is COc1ccc(C)cc1-c1ccccc1CNC1CC1. The first kappa shape index (κ1) is 13.2. The van der Waals surface area contributed by atoms with Crippen LogP contribution >= 0.6 is 0 Å². The molecule has 2 aromatic carbocycles. The molecule has 0 saturated heterocycles. The van der Waals surface area contributed by atoms with Gasteiger partial charge in [0, 0.05) is 18.2 Å². The molecule has 0 aromatic heterocycles. The first-order chi connectivity index (χ1) is 9.78. The molecule has 0 unspecified atom stereocenters. The van der Waals surface area contributed by atoms with Gasteiger partial charge in [-0.25, -0.2) is 0 Å². The first-order valence-electron chi connectivity index (χ1n) is 7.24. The normalized spacial score (nSPS) is 14.3. The van der Waals surface area contributed by atoms with E-state index in [4.69, 9.17) is 4.74 Å². The predicted octanol–water partition coefficient (Wildman–Crippen LogP) is 3.92. The number of rotatable bonds is 5. The molecular weight excluding hydrogens is 246 g/mol. The van der Waals surface area contributed by atoms with Gasteiger partial charge in [-0.1, -0.05) is 35.9 Å². The topological polar surface area (TPSA) is 21.3 Å². The molecule has 2 nitrogen and oxygen atoms in total. The van der Waals surface area contributed by atoms with Gasteiger partial charge >= 0.3 is 0 Å². The fraction of sp³-hybridized carbons (Fsp3) is 0.333. The van der Waals surface area contributed by atoms with Gasteiger partial charge in [0.05, 0.1) is 7.11 Å². The fourth-order valence-electron chi connectivity index (χ4n) is 2.51. The van der Waals surface area contributed by atoms with Crippen LogP contribution in [0.1, 0.15) is 24.0 Å². The van der Waals surface area contributed by atoms with Crippen LogP contribution in [0.25, 0.3) is 11.1 Å². The highest BCUT2D eigenvalue weighted by molar-refractivity contribution is 5.74. The molecule has 3 rings (SSSR count). The van der Waals surface area contributed by atoms with Crippen LogP contribution in [-0.4, -0.2) is 13.2 Å². The lowest BCUT2D eigenvalue weighted by Crippen LogP contribution is -2.15. The molecule has 0 radical (unpaired) electrons. The van der Waals surface area contributed by atoms with Crippen molar-refractivity contribution in [1.29, 1.82) is 0 Å². The van der Waals surface area contributed by atoms with Crippen LogP contribution in [0, 0.1) is 6.92 Å². The Bertz CT molecular complexity index is 602. The van der Waals surface area contributed by atoms with Gasteiger partial charge < -0.3 is 10.1 Å². The Morgan fingerprint density at radius 3 is 2.65 bits per heavy atom. The third-order valence-corrected chi connectivity index (χ3v) is 3.82. The predicted molar refractivity (Wildman–Crippen MR) is 83.0 cm³/mol. The van der Waals surface area contributed by atoms with E-state index >= 15 is 0 Å². The second-order valence-corrected chi connectivity index (χ2v) is 5.52. The van der Waals surface area contributed by atoms with Crippen molar-refractivity contribution >= 4 is 0 Å². The van der Waals surface area contributed by atoms with E-state index in [1.54, 1.807) is 7.11 Å². The third kappa shape index (κ3) is 2.86. The zero-order valence-electron chi connectivity index (χ0n) is 12.1. The molecule has 1 N–H and O–H groups in total. The van der Waals surface area contributed by atoms with Crippen molar-refractivity contribution in [2.24, 2.45) is 0 Å². The molecule has 0 atom stereocenters. The average molecular weight is 267 g/mol. The molecule has 0 amide bonds. The summed E-state index contributed by atoms with van der Waals surface area (Å²) >= 11 is 0. The Morgan fingerprint density at radius 1 is 1.10 bits per heavy atom. The van der Waals surface area contributed by atoms with Crippen LogP contribution in [0.2, 0.25) is 0 Å². The lowest BCUT2D eigenvalue weighted by atomic mass is 9.97. The summed E-state index contributed by atoms with van der Waals surface area (Å²) in [7, 11) is 1.74. The largest absolute Gasteiger partial charge is 0.496 e. The number of benzene rings is 2. The van der Waals surface area contributed by atoms with Crippen LogP contribution in [0.15, 0.2) is 42.5 Å². The minimum atomic E-state index is 0.725. The molecule has 104 valence electrons. The molecule has 0 heterocycles. The van der Waals surface area contributed by atoms with Gasteiger partial charge in [-0.05, 0) is 43.0 Å². The Balaban J connectivity index is 1.97. The summed E-state index contributed by atoms with van der Waals surface area (Å²) in [5.74, 6) is 0.939. The number of methoxy groups -OCH3 is 1. The second kappa shape index (κ2) is 5.68. The van der Waals surface area contributed by atoms with Crippen LogP contribution in [0.5, 0.6) is 5.75 Å². The van der Waals surface area contributed by atoms with Crippen LogP contribution in [0.4, 0.5) is 0 Å². The van der Waals surface area contributed by atoms with E-state index in [1.807, 2.05) is 0 Å². The molecule has 0 spiro atoms. The van der Waals surface area contributed by atoms with Crippen molar-refractivity contribution in [3.63, 3.8) is 0 Å². The molecule has 20 heavy (non-hydrogen) atoms. The zero-order valence-corrected chi connectivity index (χ0v) is 12.1. The molecule has 1 fully saturated rings. The van der Waals surface area contributed by atoms with E-state index in [-0.39, 0.29) is 0 Å². The zero-order chi connectivity index (χ0) is 13.9. The molecule has 1 aliphatic rings. The van der Waals surface area contributed by atoms with E-state index in [9.17, 15) is 0 Å². The molecular formula is C18H21NO. The van der Waals surface area contributed by atoms with Gasteiger partial charge in [0.2, 0.25) is 0 Å². The molecule has 1 aliphatic carbocycles. The van der Waals surface area contributed by atoms with Gasteiger partial charge in [-0.15, -0.1) is 0 Å². The number of aryl methyl sites for hydroxylation is 1. The van der Waals surface area contributed by atoms with Crippen LogP contribution in [-0.2, 0) is 6.54 Å². The number of hydrogen-bond acceptors (Lipinski definition) is 2. The molecule has 0 bridgehead atoms. The summed E-state index contributed by atoms with van der Waals surface area (Å²) < 4.78 is 5.53. The Morgan fingerprint density at radius 2 is 1.90 bits per heavy atom. The van der Waals surface area contributed by atoms with Crippen molar-refractivity contribution in [1.82, 2.24) is 5.32 Å². The minimum Gasteiger partial charge on any atom is -0.496 e. The molecule has 2 heteroatoms. The lowest BCUT2D eigenvalue weighted by Gasteiger charge is -2.14. The van der Waals surface area contributed by atoms with E-state index in [1.165, 1.54) is 35.1 Å². The summed E-state index contributed by atoms with van der Waals surface area (Å²) in [5.41, 5.74) is 5.04. The maximum absolute atomic E-state index is 5.53. The van der Waals surface area contributed by atoms with Crippen molar-refractivity contribution in [3.8, 4) is 16.9 Å². The Hall–Kier alpha value is -1.80. The van der Waals surface area contributed by atoms with Gasteiger partial charge in [0.25, 0.3) is 0 Å². The summed E-state index contributed by atoms with van der Waals surface area (Å²) in [6, 6.07) is 15.7. The third-order valence-electron chi connectivity index (χ3n) is 3.82. The number of ether oxygens (including phenoxy) is 1. The Labute approximate surface area is 120 Å². The standard InChI is InChI=1S/C18H21NO/c1-13-7-10-18(20-2)17(11-13)16-6-4-3-5-14(16)12-19-15-8-9-15/h3-7,10-11,15,19H,8-9,12H2,1-2H3. The molecule has 1 saturated carbocycles. The smallest absolute Gasteiger partial charge is 0.126 e. The van der Waals surface area contributed by atoms with E-state index < -0.39 is 0 Å². The highest BCUT2D eigenvalue weighted by Gasteiger charge is 2.20. The summed E-state index contributed by atoms with van der Waals surface area (Å²) in [5, 5.41) is 3.59. The maximum Gasteiger partial charge on any atom is 0.126 e. The Kier molecular flexibility index (Phi) is 3.75. The highest BCUT2D eigenvalue weighted by atomic mass is 16.5. The van der Waals surface area contributed by atoms with Crippen molar-refractivity contribution in [2.75, 3.05) is 7.11 Å². The number of hydrogen-bond donors (Lipinski definition) is 1. The van der Waals surface area contributed by atoms with Gasteiger partial charge in [0.15, 0.2) is 0 Å². The van der Waals surface area contributed by atoms with Crippen LogP contribution in [0.3, 0.4) is 0 Å².